The Morgan fingerprint density at radius 2 is 1.86 bits per heavy atom. The summed E-state index contributed by atoms with van der Waals surface area (Å²) < 4.78 is 6.09. The molecule has 0 saturated carbocycles. The van der Waals surface area contributed by atoms with Gasteiger partial charge in [0.25, 0.3) is 5.91 Å². The molecule has 106 valence electrons. The van der Waals surface area contributed by atoms with Crippen LogP contribution < -0.4 is 9.64 Å². The molecule has 0 spiro atoms. The first-order chi connectivity index (χ1) is 10.2. The number of carbonyl (C=O) groups is 2. The number of anilines is 1. The van der Waals surface area contributed by atoms with E-state index in [0.29, 0.717) is 17.0 Å². The molecule has 1 amide bonds. The van der Waals surface area contributed by atoms with E-state index < -0.39 is 0 Å². The van der Waals surface area contributed by atoms with Crippen molar-refractivity contribution in [1.82, 2.24) is 0 Å². The lowest BCUT2D eigenvalue weighted by molar-refractivity contribution is -0.121. The minimum absolute atomic E-state index is 0.00181. The van der Waals surface area contributed by atoms with Crippen molar-refractivity contribution in [3.63, 3.8) is 0 Å². The van der Waals surface area contributed by atoms with Crippen molar-refractivity contribution in [2.75, 3.05) is 18.1 Å². The second kappa shape index (κ2) is 5.69. The van der Waals surface area contributed by atoms with Crippen molar-refractivity contribution in [2.24, 2.45) is 0 Å². The Bertz CT molecular complexity index is 714. The van der Waals surface area contributed by atoms with E-state index in [2.05, 4.69) is 15.9 Å². The van der Waals surface area contributed by atoms with Crippen LogP contribution in [0.3, 0.4) is 0 Å². The molecule has 0 radical (unpaired) electrons. The van der Waals surface area contributed by atoms with Gasteiger partial charge in [0.1, 0.15) is 5.75 Å². The molecule has 0 fully saturated rings. The normalized spacial score (nSPS) is 13.6. The number of hydrogen-bond acceptors (Lipinski definition) is 3. The highest BCUT2D eigenvalue weighted by Crippen LogP contribution is 2.31. The maximum Gasteiger partial charge on any atom is 0.265 e. The lowest BCUT2D eigenvalue weighted by Crippen LogP contribution is -2.42. The van der Waals surface area contributed by atoms with E-state index in [1.807, 2.05) is 24.3 Å². The van der Waals surface area contributed by atoms with Crippen LogP contribution in [-0.2, 0) is 4.79 Å². The van der Waals surface area contributed by atoms with Gasteiger partial charge in [-0.2, -0.15) is 0 Å². The van der Waals surface area contributed by atoms with Gasteiger partial charge in [0.2, 0.25) is 0 Å². The van der Waals surface area contributed by atoms with Gasteiger partial charge in [0, 0.05) is 10.0 Å². The largest absolute Gasteiger partial charge is 0.482 e. The van der Waals surface area contributed by atoms with Gasteiger partial charge in [-0.25, -0.2) is 0 Å². The summed E-state index contributed by atoms with van der Waals surface area (Å²) in [5.74, 6) is 0.290. The zero-order valence-corrected chi connectivity index (χ0v) is 12.7. The Hall–Kier alpha value is -2.14. The summed E-state index contributed by atoms with van der Waals surface area (Å²) in [5.41, 5.74) is 1.20. The number of rotatable bonds is 3. The number of benzene rings is 2. The third kappa shape index (κ3) is 2.69. The second-order valence-electron chi connectivity index (χ2n) is 4.64. The number of Topliss-reactive ketones (excluding diaryl/α,β-unsaturated/α-hetero) is 1. The summed E-state index contributed by atoms with van der Waals surface area (Å²) in [6.45, 7) is -0.0396. The van der Waals surface area contributed by atoms with Crippen molar-refractivity contribution in [1.29, 1.82) is 0 Å². The fraction of sp³-hybridized carbons (Fsp3) is 0.125. The molecule has 3 rings (SSSR count). The van der Waals surface area contributed by atoms with Gasteiger partial charge in [0.05, 0.1) is 12.2 Å². The van der Waals surface area contributed by atoms with Crippen LogP contribution >= 0.6 is 15.9 Å². The van der Waals surface area contributed by atoms with Crippen molar-refractivity contribution >= 4 is 33.3 Å². The number of para-hydroxylation sites is 2. The first-order valence-corrected chi connectivity index (χ1v) is 7.26. The second-order valence-corrected chi connectivity index (χ2v) is 5.49. The molecule has 2 aromatic carbocycles. The molecule has 1 aliphatic rings. The van der Waals surface area contributed by atoms with Crippen molar-refractivity contribution in [2.45, 2.75) is 0 Å². The predicted molar refractivity (Wildman–Crippen MR) is 82.8 cm³/mol. The van der Waals surface area contributed by atoms with Gasteiger partial charge in [-0.3, -0.25) is 14.5 Å². The van der Waals surface area contributed by atoms with Crippen LogP contribution in [0.15, 0.2) is 53.0 Å². The number of halogens is 1. The molecule has 0 aromatic heterocycles. The number of ketones is 1. The molecule has 0 aliphatic carbocycles. The van der Waals surface area contributed by atoms with Gasteiger partial charge in [-0.1, -0.05) is 46.3 Å². The van der Waals surface area contributed by atoms with Gasteiger partial charge < -0.3 is 4.74 Å². The molecular weight excluding hydrogens is 334 g/mol. The summed E-state index contributed by atoms with van der Waals surface area (Å²) in [4.78, 5) is 25.9. The highest BCUT2D eigenvalue weighted by atomic mass is 79.9. The molecule has 0 unspecified atom stereocenters. The lowest BCUT2D eigenvalue weighted by atomic mass is 10.1. The SMILES string of the molecule is O=C(CN1C(=O)COc2ccccc21)c1ccccc1Br. The molecule has 2 aromatic rings. The Kier molecular flexibility index (Phi) is 3.75. The fourth-order valence-corrected chi connectivity index (χ4v) is 2.75. The van der Waals surface area contributed by atoms with E-state index in [1.165, 1.54) is 4.90 Å². The standard InChI is InChI=1S/C16H12BrNO3/c17-12-6-2-1-5-11(12)14(19)9-18-13-7-3-4-8-15(13)21-10-16(18)20/h1-8H,9-10H2. The molecule has 0 saturated heterocycles. The number of ether oxygens (including phenoxy) is 1. The van der Waals surface area contributed by atoms with Crippen LogP contribution in [0, 0.1) is 0 Å². The molecule has 4 nitrogen and oxygen atoms in total. The van der Waals surface area contributed by atoms with E-state index in [0.717, 1.165) is 4.47 Å². The zero-order chi connectivity index (χ0) is 14.8. The van der Waals surface area contributed by atoms with Crippen LogP contribution in [0.5, 0.6) is 5.75 Å². The highest BCUT2D eigenvalue weighted by Gasteiger charge is 2.27. The van der Waals surface area contributed by atoms with E-state index in [-0.39, 0.29) is 24.8 Å². The van der Waals surface area contributed by atoms with E-state index in [4.69, 9.17) is 4.74 Å². The first kappa shape index (κ1) is 13.8. The summed E-state index contributed by atoms with van der Waals surface area (Å²) in [5, 5.41) is 0. The molecule has 0 bridgehead atoms. The molecular formula is C16H12BrNO3. The number of nitrogens with zero attached hydrogens (tertiary/aromatic N) is 1. The summed E-state index contributed by atoms with van der Waals surface area (Å²) in [6.07, 6.45) is 0. The minimum atomic E-state index is -0.214. The minimum Gasteiger partial charge on any atom is -0.482 e. The number of carbonyl (C=O) groups excluding carboxylic acids is 2. The zero-order valence-electron chi connectivity index (χ0n) is 11.1. The van der Waals surface area contributed by atoms with Crippen molar-refractivity contribution in [3.05, 3.63) is 58.6 Å². The Balaban J connectivity index is 1.89. The highest BCUT2D eigenvalue weighted by molar-refractivity contribution is 9.10. The van der Waals surface area contributed by atoms with Gasteiger partial charge in [0.15, 0.2) is 12.4 Å². The van der Waals surface area contributed by atoms with Gasteiger partial charge in [-0.15, -0.1) is 0 Å². The fourth-order valence-electron chi connectivity index (χ4n) is 2.24. The molecule has 0 atom stereocenters. The van der Waals surface area contributed by atoms with Crippen LogP contribution in [0.25, 0.3) is 0 Å². The Labute approximate surface area is 130 Å². The lowest BCUT2D eigenvalue weighted by Gasteiger charge is -2.28. The Morgan fingerprint density at radius 3 is 2.67 bits per heavy atom. The monoisotopic (exact) mass is 345 g/mol. The summed E-state index contributed by atoms with van der Waals surface area (Å²) >= 11 is 3.36. The van der Waals surface area contributed by atoms with Crippen LogP contribution in [-0.4, -0.2) is 24.8 Å². The molecule has 5 heteroatoms. The van der Waals surface area contributed by atoms with Crippen LogP contribution in [0.1, 0.15) is 10.4 Å². The number of amides is 1. The van der Waals surface area contributed by atoms with Crippen LogP contribution in [0.4, 0.5) is 5.69 Å². The maximum atomic E-state index is 12.4. The third-order valence-electron chi connectivity index (χ3n) is 3.28. The molecule has 1 heterocycles. The smallest absolute Gasteiger partial charge is 0.265 e. The predicted octanol–water partition coefficient (Wildman–Crippen LogP) is 3.06. The molecule has 1 aliphatic heterocycles. The van der Waals surface area contributed by atoms with E-state index in [9.17, 15) is 9.59 Å². The van der Waals surface area contributed by atoms with Crippen molar-refractivity contribution < 1.29 is 14.3 Å². The number of fused-ring (bicyclic) bond motifs is 1. The third-order valence-corrected chi connectivity index (χ3v) is 3.98. The maximum absolute atomic E-state index is 12.4. The van der Waals surface area contributed by atoms with E-state index in [1.54, 1.807) is 24.3 Å². The van der Waals surface area contributed by atoms with Crippen molar-refractivity contribution in [3.8, 4) is 5.75 Å². The first-order valence-electron chi connectivity index (χ1n) is 6.47. The number of hydrogen-bond donors (Lipinski definition) is 0. The molecule has 21 heavy (non-hydrogen) atoms. The molecule has 0 N–H and O–H groups in total. The summed E-state index contributed by atoms with van der Waals surface area (Å²) in [7, 11) is 0. The van der Waals surface area contributed by atoms with Crippen LogP contribution in [0.2, 0.25) is 0 Å². The van der Waals surface area contributed by atoms with Gasteiger partial charge in [-0.05, 0) is 18.2 Å². The average Bonchev–Trinajstić information content (AvgIpc) is 2.50. The van der Waals surface area contributed by atoms with Gasteiger partial charge >= 0.3 is 0 Å². The summed E-state index contributed by atoms with van der Waals surface area (Å²) in [6, 6.07) is 14.4. The Morgan fingerprint density at radius 1 is 1.14 bits per heavy atom. The quantitative estimate of drug-likeness (QED) is 0.803. The average molecular weight is 346 g/mol. The van der Waals surface area contributed by atoms with E-state index >= 15 is 0 Å². The topological polar surface area (TPSA) is 46.6 Å².